The van der Waals surface area contributed by atoms with Gasteiger partial charge in [0.25, 0.3) is 0 Å². The number of rotatable bonds is 9. The molecular formula is C10H18ClN5O6. The molecule has 0 spiro atoms. The average Bonchev–Trinajstić information content (AvgIpc) is 2.45. The van der Waals surface area contributed by atoms with E-state index in [4.69, 9.17) is 10.8 Å². The van der Waals surface area contributed by atoms with Crippen molar-refractivity contribution in [3.8, 4) is 0 Å². The minimum Gasteiger partial charge on any atom is -0.480 e. The lowest BCUT2D eigenvalue weighted by atomic mass is 10.4. The van der Waals surface area contributed by atoms with E-state index in [2.05, 4.69) is 16.0 Å². The number of nitrogens with one attached hydrogen (secondary N) is 4. The minimum atomic E-state index is -1.21. The summed E-state index contributed by atoms with van der Waals surface area (Å²) in [6, 6.07) is 0. The summed E-state index contributed by atoms with van der Waals surface area (Å²) in [6.07, 6.45) is 0. The molecule has 0 aliphatic carbocycles. The number of nitrogens with two attached hydrogens (primary N) is 1. The lowest BCUT2D eigenvalue weighted by Crippen LogP contribution is -2.45. The van der Waals surface area contributed by atoms with Gasteiger partial charge in [0, 0.05) is 0 Å². The monoisotopic (exact) mass is 339 g/mol. The predicted octanol–water partition coefficient (Wildman–Crippen LogP) is -4.08. The summed E-state index contributed by atoms with van der Waals surface area (Å²) in [4.78, 5) is 54.4. The zero-order valence-corrected chi connectivity index (χ0v) is 12.3. The Labute approximate surface area is 131 Å². The molecule has 0 aliphatic heterocycles. The molecule has 0 aromatic rings. The van der Waals surface area contributed by atoms with E-state index in [-0.39, 0.29) is 32.0 Å². The summed E-state index contributed by atoms with van der Waals surface area (Å²) < 4.78 is 0. The Balaban J connectivity index is 0. The molecule has 0 aliphatic rings. The zero-order chi connectivity index (χ0) is 16.3. The van der Waals surface area contributed by atoms with Crippen LogP contribution in [0.15, 0.2) is 0 Å². The van der Waals surface area contributed by atoms with Crippen LogP contribution in [0.3, 0.4) is 0 Å². The SMILES string of the molecule is Cl.NCC(=O)NCC(=O)NCC(=O)NCC(=O)NCC(=O)O. The minimum absolute atomic E-state index is 0. The van der Waals surface area contributed by atoms with Gasteiger partial charge in [0.05, 0.1) is 26.2 Å². The normalized spacial score (nSPS) is 8.95. The van der Waals surface area contributed by atoms with Crippen LogP contribution in [0.2, 0.25) is 0 Å². The van der Waals surface area contributed by atoms with E-state index in [1.807, 2.05) is 5.32 Å². The highest BCUT2D eigenvalue weighted by Crippen LogP contribution is 1.70. The van der Waals surface area contributed by atoms with Gasteiger partial charge in [-0.05, 0) is 0 Å². The molecule has 0 bridgehead atoms. The Morgan fingerprint density at radius 2 is 1.00 bits per heavy atom. The van der Waals surface area contributed by atoms with Crippen LogP contribution in [0.5, 0.6) is 0 Å². The Kier molecular flexibility index (Phi) is 12.3. The van der Waals surface area contributed by atoms with Crippen LogP contribution in [0, 0.1) is 0 Å². The van der Waals surface area contributed by atoms with Crippen LogP contribution in [0.4, 0.5) is 0 Å². The standard InChI is InChI=1S/C10H17N5O6.ClH/c11-1-6(16)12-2-7(17)13-3-8(18)14-4-9(19)15-5-10(20)21;/h1-5,11H2,(H,12,16)(H,13,17)(H,14,18)(H,15,19)(H,20,21);1H. The first kappa shape index (κ1) is 21.9. The average molecular weight is 340 g/mol. The van der Waals surface area contributed by atoms with Crippen molar-refractivity contribution >= 4 is 42.0 Å². The van der Waals surface area contributed by atoms with Gasteiger partial charge in [-0.1, -0.05) is 0 Å². The second-order valence-corrected chi connectivity index (χ2v) is 3.70. The highest BCUT2D eigenvalue weighted by Gasteiger charge is 2.09. The molecule has 0 atom stereocenters. The van der Waals surface area contributed by atoms with Gasteiger partial charge >= 0.3 is 5.97 Å². The first-order chi connectivity index (χ1) is 9.85. The van der Waals surface area contributed by atoms with Crippen molar-refractivity contribution in [1.82, 2.24) is 21.3 Å². The van der Waals surface area contributed by atoms with E-state index in [1.54, 1.807) is 0 Å². The van der Waals surface area contributed by atoms with Gasteiger partial charge in [-0.15, -0.1) is 12.4 Å². The molecular weight excluding hydrogens is 322 g/mol. The van der Waals surface area contributed by atoms with Crippen LogP contribution < -0.4 is 27.0 Å². The molecule has 0 heterocycles. The highest BCUT2D eigenvalue weighted by atomic mass is 35.5. The number of amides is 4. The Hall–Kier alpha value is -2.40. The molecule has 11 nitrogen and oxygen atoms in total. The number of hydrogen-bond acceptors (Lipinski definition) is 6. The molecule has 0 saturated heterocycles. The number of carbonyl (C=O) groups is 5. The van der Waals surface area contributed by atoms with E-state index < -0.39 is 42.7 Å². The number of halogens is 1. The number of carboxylic acid groups (broad SMARTS) is 1. The van der Waals surface area contributed by atoms with Gasteiger partial charge < -0.3 is 32.1 Å². The maximum atomic E-state index is 11.3. The van der Waals surface area contributed by atoms with Crippen molar-refractivity contribution in [3.05, 3.63) is 0 Å². The Morgan fingerprint density at radius 1 is 0.682 bits per heavy atom. The third-order valence-corrected chi connectivity index (χ3v) is 1.96. The van der Waals surface area contributed by atoms with E-state index >= 15 is 0 Å². The van der Waals surface area contributed by atoms with Crippen molar-refractivity contribution in [2.24, 2.45) is 5.73 Å². The zero-order valence-electron chi connectivity index (χ0n) is 11.5. The van der Waals surface area contributed by atoms with E-state index in [9.17, 15) is 24.0 Å². The van der Waals surface area contributed by atoms with E-state index in [0.717, 1.165) is 0 Å². The molecule has 0 fully saturated rings. The number of carbonyl (C=O) groups excluding carboxylic acids is 4. The van der Waals surface area contributed by atoms with Crippen molar-refractivity contribution in [2.45, 2.75) is 0 Å². The number of carboxylic acids is 1. The highest BCUT2D eigenvalue weighted by molar-refractivity contribution is 5.90. The largest absolute Gasteiger partial charge is 0.480 e. The van der Waals surface area contributed by atoms with Gasteiger partial charge in [-0.3, -0.25) is 24.0 Å². The van der Waals surface area contributed by atoms with Gasteiger partial charge in [-0.2, -0.15) is 0 Å². The third kappa shape index (κ3) is 12.6. The molecule has 7 N–H and O–H groups in total. The van der Waals surface area contributed by atoms with Crippen LogP contribution in [-0.2, 0) is 24.0 Å². The first-order valence-corrected chi connectivity index (χ1v) is 5.83. The van der Waals surface area contributed by atoms with Gasteiger partial charge in [-0.25, -0.2) is 0 Å². The van der Waals surface area contributed by atoms with Crippen LogP contribution >= 0.6 is 12.4 Å². The molecule has 0 rings (SSSR count). The predicted molar refractivity (Wildman–Crippen MR) is 76.0 cm³/mol. The molecule has 12 heteroatoms. The first-order valence-electron chi connectivity index (χ1n) is 5.83. The molecule has 0 aromatic carbocycles. The second kappa shape index (κ2) is 12.3. The molecule has 4 amide bonds. The van der Waals surface area contributed by atoms with Crippen LogP contribution in [0.25, 0.3) is 0 Å². The molecule has 126 valence electrons. The molecule has 0 radical (unpaired) electrons. The fraction of sp³-hybridized carbons (Fsp3) is 0.500. The summed E-state index contributed by atoms with van der Waals surface area (Å²) in [5.41, 5.74) is 5.01. The number of hydrogen-bond donors (Lipinski definition) is 6. The Bertz CT molecular complexity index is 430. The van der Waals surface area contributed by atoms with Crippen LogP contribution in [0.1, 0.15) is 0 Å². The summed E-state index contributed by atoms with van der Waals surface area (Å²) in [5.74, 6) is -3.63. The molecule has 0 saturated carbocycles. The number of aliphatic carboxylic acids is 1. The smallest absolute Gasteiger partial charge is 0.322 e. The topological polar surface area (TPSA) is 180 Å². The fourth-order valence-corrected chi connectivity index (χ4v) is 0.970. The summed E-state index contributed by atoms with van der Waals surface area (Å²) >= 11 is 0. The lowest BCUT2D eigenvalue weighted by molar-refractivity contribution is -0.137. The molecule has 0 aromatic heterocycles. The van der Waals surface area contributed by atoms with Gasteiger partial charge in [0.15, 0.2) is 0 Å². The van der Waals surface area contributed by atoms with Crippen molar-refractivity contribution in [3.63, 3.8) is 0 Å². The fourth-order valence-electron chi connectivity index (χ4n) is 0.970. The van der Waals surface area contributed by atoms with Crippen molar-refractivity contribution < 1.29 is 29.1 Å². The molecule has 0 unspecified atom stereocenters. The second-order valence-electron chi connectivity index (χ2n) is 3.70. The summed E-state index contributed by atoms with van der Waals surface area (Å²) in [5, 5.41) is 16.9. The summed E-state index contributed by atoms with van der Waals surface area (Å²) in [6.45, 7) is -1.91. The molecule has 22 heavy (non-hydrogen) atoms. The Morgan fingerprint density at radius 3 is 1.32 bits per heavy atom. The maximum Gasteiger partial charge on any atom is 0.322 e. The van der Waals surface area contributed by atoms with E-state index in [0.29, 0.717) is 0 Å². The lowest BCUT2D eigenvalue weighted by Gasteiger charge is -2.07. The van der Waals surface area contributed by atoms with Crippen molar-refractivity contribution in [2.75, 3.05) is 32.7 Å². The third-order valence-electron chi connectivity index (χ3n) is 1.96. The van der Waals surface area contributed by atoms with Gasteiger partial charge in [0.2, 0.25) is 23.6 Å². The van der Waals surface area contributed by atoms with Crippen LogP contribution in [-0.4, -0.2) is 67.4 Å². The quantitative estimate of drug-likeness (QED) is 0.247. The van der Waals surface area contributed by atoms with E-state index in [1.165, 1.54) is 0 Å². The maximum absolute atomic E-state index is 11.3. The summed E-state index contributed by atoms with van der Waals surface area (Å²) in [7, 11) is 0. The van der Waals surface area contributed by atoms with Gasteiger partial charge in [0.1, 0.15) is 6.54 Å². The van der Waals surface area contributed by atoms with Crippen molar-refractivity contribution in [1.29, 1.82) is 0 Å².